The molecule has 1 unspecified atom stereocenters. The van der Waals surface area contributed by atoms with Crippen LogP contribution in [0.1, 0.15) is 37.2 Å². The third-order valence-electron chi connectivity index (χ3n) is 4.09. The average molecular weight is 230 g/mol. The van der Waals surface area contributed by atoms with Gasteiger partial charge in [0, 0.05) is 18.3 Å². The van der Waals surface area contributed by atoms with E-state index in [1.165, 1.54) is 19.3 Å². The van der Waals surface area contributed by atoms with Crippen LogP contribution >= 0.6 is 0 Å². The summed E-state index contributed by atoms with van der Waals surface area (Å²) in [5.74, 6) is 0.385. The van der Waals surface area contributed by atoms with Gasteiger partial charge in [-0.2, -0.15) is 0 Å². The number of carbonyl (C=O) groups excluding carboxylic acids is 1. The first-order chi connectivity index (χ1) is 8.25. The van der Waals surface area contributed by atoms with Gasteiger partial charge < -0.3 is 10.6 Å². The molecule has 0 spiro atoms. The van der Waals surface area contributed by atoms with Gasteiger partial charge in [-0.05, 0) is 43.4 Å². The van der Waals surface area contributed by atoms with Crippen molar-refractivity contribution in [2.45, 2.75) is 37.6 Å². The van der Waals surface area contributed by atoms with Gasteiger partial charge in [0.05, 0.1) is 5.92 Å². The van der Waals surface area contributed by atoms with Gasteiger partial charge >= 0.3 is 0 Å². The molecule has 2 fully saturated rings. The Hall–Kier alpha value is -1.51. The van der Waals surface area contributed by atoms with E-state index in [4.69, 9.17) is 5.73 Å². The Morgan fingerprint density at radius 2 is 1.82 bits per heavy atom. The predicted molar refractivity (Wildman–Crippen MR) is 67.6 cm³/mol. The summed E-state index contributed by atoms with van der Waals surface area (Å²) in [5.41, 5.74) is 7.55. The van der Waals surface area contributed by atoms with E-state index in [0.717, 1.165) is 24.2 Å². The van der Waals surface area contributed by atoms with Crippen LogP contribution in [0, 0.1) is 0 Å². The lowest BCUT2D eigenvalue weighted by molar-refractivity contribution is -0.132. The molecule has 0 bridgehead atoms. The zero-order valence-electron chi connectivity index (χ0n) is 9.93. The maximum atomic E-state index is 12.3. The van der Waals surface area contributed by atoms with E-state index in [1.807, 2.05) is 24.3 Å². The van der Waals surface area contributed by atoms with Crippen LogP contribution in [0.4, 0.5) is 5.69 Å². The second-order valence-electron chi connectivity index (χ2n) is 5.12. The van der Waals surface area contributed by atoms with Crippen molar-refractivity contribution >= 4 is 11.6 Å². The van der Waals surface area contributed by atoms with Crippen LogP contribution in [0.25, 0.3) is 0 Å². The van der Waals surface area contributed by atoms with Gasteiger partial charge in [-0.25, -0.2) is 0 Å². The van der Waals surface area contributed by atoms with Crippen LogP contribution < -0.4 is 5.73 Å². The Morgan fingerprint density at radius 3 is 2.41 bits per heavy atom. The molecule has 2 N–H and O–H groups in total. The number of nitrogen functional groups attached to an aromatic ring is 1. The van der Waals surface area contributed by atoms with Crippen molar-refractivity contribution < 1.29 is 4.79 Å². The van der Waals surface area contributed by atoms with Crippen molar-refractivity contribution in [3.8, 4) is 0 Å². The third kappa shape index (κ3) is 1.79. The second kappa shape index (κ2) is 4.06. The first kappa shape index (κ1) is 10.6. The minimum absolute atomic E-state index is 0.0659. The zero-order chi connectivity index (χ0) is 11.8. The molecule has 1 amide bonds. The Bertz CT molecular complexity index is 422. The number of nitrogens with two attached hydrogens (primary N) is 1. The van der Waals surface area contributed by atoms with E-state index in [9.17, 15) is 4.79 Å². The third-order valence-corrected chi connectivity index (χ3v) is 4.09. The molecule has 1 heterocycles. The van der Waals surface area contributed by atoms with Crippen molar-refractivity contribution in [1.82, 2.24) is 4.90 Å². The lowest BCUT2D eigenvalue weighted by Crippen LogP contribution is -2.41. The fourth-order valence-corrected chi connectivity index (χ4v) is 2.80. The van der Waals surface area contributed by atoms with Crippen molar-refractivity contribution in [2.24, 2.45) is 0 Å². The van der Waals surface area contributed by atoms with Crippen LogP contribution in [-0.2, 0) is 4.79 Å². The highest BCUT2D eigenvalue weighted by atomic mass is 16.2. The normalized spacial score (nSPS) is 25.1. The quantitative estimate of drug-likeness (QED) is 0.791. The van der Waals surface area contributed by atoms with Gasteiger partial charge in [-0.3, -0.25) is 4.79 Å². The SMILES string of the molecule is Nc1ccc(C2CCN(C3CCC3)C2=O)cc1. The van der Waals surface area contributed by atoms with Gasteiger partial charge in [-0.1, -0.05) is 12.1 Å². The maximum absolute atomic E-state index is 12.3. The molecule has 3 rings (SSSR count). The number of anilines is 1. The van der Waals surface area contributed by atoms with E-state index in [0.29, 0.717) is 11.9 Å². The van der Waals surface area contributed by atoms with Crippen LogP contribution in [0.3, 0.4) is 0 Å². The first-order valence-corrected chi connectivity index (χ1v) is 6.41. The molecule has 1 aliphatic heterocycles. The van der Waals surface area contributed by atoms with Gasteiger partial charge in [0.15, 0.2) is 0 Å². The highest BCUT2D eigenvalue weighted by molar-refractivity contribution is 5.86. The molecule has 2 aliphatic rings. The zero-order valence-corrected chi connectivity index (χ0v) is 9.93. The average Bonchev–Trinajstić information content (AvgIpc) is 2.60. The molecule has 1 atom stereocenters. The highest BCUT2D eigenvalue weighted by Gasteiger charge is 2.38. The van der Waals surface area contributed by atoms with Crippen molar-refractivity contribution in [2.75, 3.05) is 12.3 Å². The summed E-state index contributed by atoms with van der Waals surface area (Å²) in [4.78, 5) is 14.4. The van der Waals surface area contributed by atoms with Gasteiger partial charge in [0.2, 0.25) is 5.91 Å². The maximum Gasteiger partial charge on any atom is 0.230 e. The van der Waals surface area contributed by atoms with E-state index >= 15 is 0 Å². The number of nitrogens with zero attached hydrogens (tertiary/aromatic N) is 1. The Kier molecular flexibility index (Phi) is 2.54. The number of amides is 1. The van der Waals surface area contributed by atoms with Crippen LogP contribution in [-0.4, -0.2) is 23.4 Å². The molecule has 1 aromatic rings. The van der Waals surface area contributed by atoms with Crippen LogP contribution in [0.5, 0.6) is 0 Å². The number of hydrogen-bond acceptors (Lipinski definition) is 2. The molecule has 1 aromatic carbocycles. The summed E-state index contributed by atoms with van der Waals surface area (Å²) >= 11 is 0. The fourth-order valence-electron chi connectivity index (χ4n) is 2.80. The molecule has 1 aliphatic carbocycles. The summed E-state index contributed by atoms with van der Waals surface area (Å²) < 4.78 is 0. The number of rotatable bonds is 2. The number of hydrogen-bond donors (Lipinski definition) is 1. The van der Waals surface area contributed by atoms with Crippen molar-refractivity contribution in [3.05, 3.63) is 29.8 Å². The molecule has 1 saturated heterocycles. The monoisotopic (exact) mass is 230 g/mol. The minimum Gasteiger partial charge on any atom is -0.399 e. The molecule has 3 nitrogen and oxygen atoms in total. The van der Waals surface area contributed by atoms with E-state index in [1.54, 1.807) is 0 Å². The van der Waals surface area contributed by atoms with E-state index < -0.39 is 0 Å². The molecule has 17 heavy (non-hydrogen) atoms. The summed E-state index contributed by atoms with van der Waals surface area (Å²) in [5, 5.41) is 0. The Labute approximate surface area is 102 Å². The van der Waals surface area contributed by atoms with Crippen LogP contribution in [0.2, 0.25) is 0 Å². The van der Waals surface area contributed by atoms with E-state index in [-0.39, 0.29) is 5.92 Å². The summed E-state index contributed by atoms with van der Waals surface area (Å²) in [7, 11) is 0. The topological polar surface area (TPSA) is 46.3 Å². The Balaban J connectivity index is 1.76. The molecule has 90 valence electrons. The molecule has 0 aromatic heterocycles. The number of benzene rings is 1. The fraction of sp³-hybridized carbons (Fsp3) is 0.500. The van der Waals surface area contributed by atoms with Gasteiger partial charge in [0.1, 0.15) is 0 Å². The smallest absolute Gasteiger partial charge is 0.230 e. The molecular formula is C14H18N2O. The van der Waals surface area contributed by atoms with Crippen molar-refractivity contribution in [3.63, 3.8) is 0 Å². The van der Waals surface area contributed by atoms with Crippen molar-refractivity contribution in [1.29, 1.82) is 0 Å². The molecule has 1 saturated carbocycles. The second-order valence-corrected chi connectivity index (χ2v) is 5.12. The number of likely N-dealkylation sites (tertiary alicyclic amines) is 1. The lowest BCUT2D eigenvalue weighted by atomic mass is 9.91. The first-order valence-electron chi connectivity index (χ1n) is 6.41. The minimum atomic E-state index is 0.0659. The molecule has 3 heteroatoms. The lowest BCUT2D eigenvalue weighted by Gasteiger charge is -2.34. The highest BCUT2D eigenvalue weighted by Crippen LogP contribution is 2.35. The van der Waals surface area contributed by atoms with Gasteiger partial charge in [0.25, 0.3) is 0 Å². The molecular weight excluding hydrogens is 212 g/mol. The summed E-state index contributed by atoms with van der Waals surface area (Å²) in [6.07, 6.45) is 4.63. The molecule has 0 radical (unpaired) electrons. The van der Waals surface area contributed by atoms with Gasteiger partial charge in [-0.15, -0.1) is 0 Å². The Morgan fingerprint density at radius 1 is 1.12 bits per heavy atom. The summed E-state index contributed by atoms with van der Waals surface area (Å²) in [6, 6.07) is 8.27. The predicted octanol–water partition coefficient (Wildman–Crippen LogP) is 2.14. The number of carbonyl (C=O) groups is 1. The van der Waals surface area contributed by atoms with E-state index in [2.05, 4.69) is 4.90 Å². The van der Waals surface area contributed by atoms with Crippen LogP contribution in [0.15, 0.2) is 24.3 Å². The summed E-state index contributed by atoms with van der Waals surface area (Å²) in [6.45, 7) is 0.929. The largest absolute Gasteiger partial charge is 0.399 e. The standard InChI is InChI=1S/C14H18N2O/c15-11-6-4-10(5-7-11)13-8-9-16(14(13)17)12-2-1-3-12/h4-7,12-13H,1-3,8-9,15H2.